The van der Waals surface area contributed by atoms with Crippen LogP contribution in [-0.2, 0) is 9.53 Å². The lowest BCUT2D eigenvalue weighted by atomic mass is 10.0. The zero-order chi connectivity index (χ0) is 12.8. The second-order valence-corrected chi connectivity index (χ2v) is 4.89. The van der Waals surface area contributed by atoms with Gasteiger partial charge in [-0.25, -0.2) is 0 Å². The SMILES string of the molecule is CC(C)[C@H](N)C(=O)N1CCC(OCCO)CC1. The molecule has 0 spiro atoms. The molecule has 5 heteroatoms. The highest BCUT2D eigenvalue weighted by atomic mass is 16.5. The summed E-state index contributed by atoms with van der Waals surface area (Å²) >= 11 is 0. The van der Waals surface area contributed by atoms with Gasteiger partial charge in [-0.05, 0) is 18.8 Å². The molecule has 1 rings (SSSR count). The van der Waals surface area contributed by atoms with Gasteiger partial charge in [0, 0.05) is 13.1 Å². The Kier molecular flexibility index (Phi) is 5.88. The van der Waals surface area contributed by atoms with Crippen molar-refractivity contribution < 1.29 is 14.6 Å². The number of ether oxygens (including phenoxy) is 1. The Morgan fingerprint density at radius 3 is 2.53 bits per heavy atom. The summed E-state index contributed by atoms with van der Waals surface area (Å²) in [6, 6.07) is -0.398. The van der Waals surface area contributed by atoms with Crippen molar-refractivity contribution in [1.29, 1.82) is 0 Å². The van der Waals surface area contributed by atoms with E-state index in [4.69, 9.17) is 15.6 Å². The smallest absolute Gasteiger partial charge is 0.239 e. The van der Waals surface area contributed by atoms with E-state index in [0.717, 1.165) is 12.8 Å². The number of nitrogens with two attached hydrogens (primary N) is 1. The second kappa shape index (κ2) is 6.93. The molecule has 1 saturated heterocycles. The number of hydrogen-bond donors (Lipinski definition) is 2. The van der Waals surface area contributed by atoms with Gasteiger partial charge in [0.25, 0.3) is 0 Å². The Morgan fingerprint density at radius 2 is 2.06 bits per heavy atom. The van der Waals surface area contributed by atoms with Crippen molar-refractivity contribution in [2.24, 2.45) is 11.7 Å². The highest BCUT2D eigenvalue weighted by molar-refractivity contribution is 5.82. The maximum atomic E-state index is 12.0. The summed E-state index contributed by atoms with van der Waals surface area (Å²) in [6.45, 7) is 5.76. The summed E-state index contributed by atoms with van der Waals surface area (Å²) in [5.41, 5.74) is 5.85. The number of aliphatic hydroxyl groups is 1. The second-order valence-electron chi connectivity index (χ2n) is 4.89. The standard InChI is InChI=1S/C12H24N2O3/c1-9(2)11(13)12(16)14-5-3-10(4-6-14)17-8-7-15/h9-11,15H,3-8,13H2,1-2H3/t11-/m0/s1. The quantitative estimate of drug-likeness (QED) is 0.712. The van der Waals surface area contributed by atoms with Crippen LogP contribution in [0.15, 0.2) is 0 Å². The van der Waals surface area contributed by atoms with E-state index >= 15 is 0 Å². The van der Waals surface area contributed by atoms with Crippen LogP contribution in [0.5, 0.6) is 0 Å². The average Bonchev–Trinajstić information content (AvgIpc) is 2.35. The summed E-state index contributed by atoms with van der Waals surface area (Å²) in [6.07, 6.45) is 1.83. The van der Waals surface area contributed by atoms with Crippen molar-refractivity contribution in [3.8, 4) is 0 Å². The maximum absolute atomic E-state index is 12.0. The average molecular weight is 244 g/mol. The number of nitrogens with zero attached hydrogens (tertiary/aromatic N) is 1. The van der Waals surface area contributed by atoms with Gasteiger partial charge in [-0.2, -0.15) is 0 Å². The third-order valence-corrected chi connectivity index (χ3v) is 3.20. The Labute approximate surface area is 103 Å². The first kappa shape index (κ1) is 14.4. The third kappa shape index (κ3) is 4.26. The minimum atomic E-state index is -0.398. The molecule has 5 nitrogen and oxygen atoms in total. The Morgan fingerprint density at radius 1 is 1.47 bits per heavy atom. The Hall–Kier alpha value is -0.650. The Balaban J connectivity index is 2.33. The number of rotatable bonds is 5. The van der Waals surface area contributed by atoms with Gasteiger partial charge in [0.2, 0.25) is 5.91 Å². The topological polar surface area (TPSA) is 75.8 Å². The maximum Gasteiger partial charge on any atom is 0.239 e. The zero-order valence-corrected chi connectivity index (χ0v) is 10.8. The van der Waals surface area contributed by atoms with Crippen molar-refractivity contribution in [1.82, 2.24) is 4.90 Å². The molecule has 1 atom stereocenters. The van der Waals surface area contributed by atoms with Crippen LogP contribution in [0.2, 0.25) is 0 Å². The summed E-state index contributed by atoms with van der Waals surface area (Å²) in [5.74, 6) is 0.214. The molecule has 0 aromatic rings. The number of likely N-dealkylation sites (tertiary alicyclic amines) is 1. The predicted molar refractivity (Wildman–Crippen MR) is 65.5 cm³/mol. The summed E-state index contributed by atoms with van der Waals surface area (Å²) in [7, 11) is 0. The van der Waals surface area contributed by atoms with Crippen LogP contribution < -0.4 is 5.73 Å². The van der Waals surface area contributed by atoms with E-state index in [1.165, 1.54) is 0 Å². The lowest BCUT2D eigenvalue weighted by molar-refractivity contribution is -0.136. The number of carbonyl (C=O) groups is 1. The molecule has 3 N–H and O–H groups in total. The van der Waals surface area contributed by atoms with Gasteiger partial charge in [-0.3, -0.25) is 4.79 Å². The number of aliphatic hydroxyl groups excluding tert-OH is 1. The van der Waals surface area contributed by atoms with Gasteiger partial charge in [0.05, 0.1) is 25.4 Å². The van der Waals surface area contributed by atoms with Crippen molar-refractivity contribution in [3.63, 3.8) is 0 Å². The van der Waals surface area contributed by atoms with E-state index in [1.54, 1.807) is 0 Å². The normalized spacial score (nSPS) is 19.7. The zero-order valence-electron chi connectivity index (χ0n) is 10.8. The van der Waals surface area contributed by atoms with Gasteiger partial charge in [0.15, 0.2) is 0 Å². The molecule has 0 aromatic heterocycles. The molecule has 0 saturated carbocycles. The molecular formula is C12H24N2O3. The Bertz CT molecular complexity index is 238. The van der Waals surface area contributed by atoms with E-state index in [1.807, 2.05) is 18.7 Å². The molecule has 1 aliphatic heterocycles. The van der Waals surface area contributed by atoms with Crippen molar-refractivity contribution in [2.75, 3.05) is 26.3 Å². The minimum absolute atomic E-state index is 0.0422. The monoisotopic (exact) mass is 244 g/mol. The molecule has 0 aliphatic carbocycles. The third-order valence-electron chi connectivity index (χ3n) is 3.20. The molecule has 0 radical (unpaired) electrons. The van der Waals surface area contributed by atoms with E-state index in [0.29, 0.717) is 19.7 Å². The number of amides is 1. The van der Waals surface area contributed by atoms with Gasteiger partial charge in [-0.1, -0.05) is 13.8 Å². The molecule has 100 valence electrons. The van der Waals surface area contributed by atoms with E-state index in [-0.39, 0.29) is 24.5 Å². The van der Waals surface area contributed by atoms with Crippen LogP contribution in [-0.4, -0.2) is 54.4 Å². The van der Waals surface area contributed by atoms with E-state index in [9.17, 15) is 4.79 Å². The lowest BCUT2D eigenvalue weighted by Gasteiger charge is -2.34. The molecule has 1 fully saturated rings. The van der Waals surface area contributed by atoms with Gasteiger partial charge >= 0.3 is 0 Å². The van der Waals surface area contributed by atoms with Gasteiger partial charge < -0.3 is 20.5 Å². The van der Waals surface area contributed by atoms with Crippen molar-refractivity contribution in [2.45, 2.75) is 38.8 Å². The largest absolute Gasteiger partial charge is 0.394 e. The summed E-state index contributed by atoms with van der Waals surface area (Å²) < 4.78 is 5.45. The molecule has 0 aromatic carbocycles. The molecule has 17 heavy (non-hydrogen) atoms. The lowest BCUT2D eigenvalue weighted by Crippen LogP contribution is -2.50. The summed E-state index contributed by atoms with van der Waals surface area (Å²) in [5, 5.41) is 8.66. The van der Waals surface area contributed by atoms with Crippen LogP contribution in [0.3, 0.4) is 0 Å². The molecule has 1 aliphatic rings. The van der Waals surface area contributed by atoms with Crippen LogP contribution in [0.4, 0.5) is 0 Å². The molecular weight excluding hydrogens is 220 g/mol. The van der Waals surface area contributed by atoms with Gasteiger partial charge in [-0.15, -0.1) is 0 Å². The molecule has 1 amide bonds. The van der Waals surface area contributed by atoms with Gasteiger partial charge in [0.1, 0.15) is 0 Å². The number of hydrogen-bond acceptors (Lipinski definition) is 4. The number of carbonyl (C=O) groups excluding carboxylic acids is 1. The fourth-order valence-corrected chi connectivity index (χ4v) is 1.96. The first-order valence-electron chi connectivity index (χ1n) is 6.33. The van der Waals surface area contributed by atoms with Crippen LogP contribution in [0, 0.1) is 5.92 Å². The summed E-state index contributed by atoms with van der Waals surface area (Å²) in [4.78, 5) is 13.8. The first-order chi connectivity index (χ1) is 8.06. The van der Waals surface area contributed by atoms with E-state index < -0.39 is 6.04 Å². The number of piperidine rings is 1. The first-order valence-corrected chi connectivity index (χ1v) is 6.33. The van der Waals surface area contributed by atoms with Crippen LogP contribution >= 0.6 is 0 Å². The minimum Gasteiger partial charge on any atom is -0.394 e. The highest BCUT2D eigenvalue weighted by Crippen LogP contribution is 2.15. The van der Waals surface area contributed by atoms with Crippen molar-refractivity contribution in [3.05, 3.63) is 0 Å². The van der Waals surface area contributed by atoms with Crippen molar-refractivity contribution >= 4 is 5.91 Å². The van der Waals surface area contributed by atoms with E-state index in [2.05, 4.69) is 0 Å². The highest BCUT2D eigenvalue weighted by Gasteiger charge is 2.27. The van der Waals surface area contributed by atoms with Crippen LogP contribution in [0.25, 0.3) is 0 Å². The molecule has 1 heterocycles. The predicted octanol–water partition coefficient (Wildman–Crippen LogP) is -0.0304. The van der Waals surface area contributed by atoms with Crippen LogP contribution in [0.1, 0.15) is 26.7 Å². The molecule has 0 unspecified atom stereocenters. The fraction of sp³-hybridized carbons (Fsp3) is 0.917. The fourth-order valence-electron chi connectivity index (χ4n) is 1.96. The molecule has 0 bridgehead atoms.